The lowest BCUT2D eigenvalue weighted by molar-refractivity contribution is -0.673. The second-order valence-electron chi connectivity index (χ2n) is 5.69. The molecule has 114 valence electrons. The molecule has 0 atom stereocenters. The standard InChI is InChI=1S/C19H22NOS/c1-14-12-18-19(13-15(14)2)22-16(3)20(18)10-7-11-21-17-8-5-4-6-9-17/h4-6,8-9,12-13H,7,10-11H2,1-3H3/q+1. The number of aromatic nitrogens is 1. The molecule has 0 radical (unpaired) electrons. The zero-order chi connectivity index (χ0) is 15.5. The molecular formula is C19H22NOS+. The largest absolute Gasteiger partial charge is 0.493 e. The lowest BCUT2D eigenvalue weighted by Gasteiger charge is -2.04. The summed E-state index contributed by atoms with van der Waals surface area (Å²) in [7, 11) is 0. The lowest BCUT2D eigenvalue weighted by atomic mass is 10.1. The molecule has 0 unspecified atom stereocenters. The van der Waals surface area contributed by atoms with E-state index in [-0.39, 0.29) is 0 Å². The number of rotatable bonds is 5. The molecule has 0 bridgehead atoms. The van der Waals surface area contributed by atoms with Crippen LogP contribution < -0.4 is 9.30 Å². The van der Waals surface area contributed by atoms with E-state index >= 15 is 0 Å². The highest BCUT2D eigenvalue weighted by Gasteiger charge is 2.17. The first kappa shape index (κ1) is 15.0. The van der Waals surface area contributed by atoms with Crippen LogP contribution in [0.4, 0.5) is 0 Å². The summed E-state index contributed by atoms with van der Waals surface area (Å²) in [5.74, 6) is 0.950. The molecular weight excluding hydrogens is 290 g/mol. The maximum absolute atomic E-state index is 5.79. The van der Waals surface area contributed by atoms with Crippen molar-refractivity contribution in [1.82, 2.24) is 0 Å². The van der Waals surface area contributed by atoms with Gasteiger partial charge in [0.25, 0.3) is 0 Å². The molecule has 0 spiro atoms. The molecule has 22 heavy (non-hydrogen) atoms. The van der Waals surface area contributed by atoms with Gasteiger partial charge in [-0.05, 0) is 43.2 Å². The molecule has 3 aromatic rings. The summed E-state index contributed by atoms with van der Waals surface area (Å²) in [6.07, 6.45) is 1.01. The summed E-state index contributed by atoms with van der Waals surface area (Å²) in [5, 5.41) is 1.36. The zero-order valence-corrected chi connectivity index (χ0v) is 14.2. The molecule has 0 amide bonds. The highest BCUT2D eigenvalue weighted by atomic mass is 32.1. The number of hydrogen-bond acceptors (Lipinski definition) is 2. The molecule has 0 aliphatic rings. The van der Waals surface area contributed by atoms with Crippen molar-refractivity contribution in [3.8, 4) is 5.75 Å². The smallest absolute Gasteiger partial charge is 0.235 e. The van der Waals surface area contributed by atoms with Crippen molar-refractivity contribution in [3.63, 3.8) is 0 Å². The predicted octanol–water partition coefficient (Wildman–Crippen LogP) is 4.58. The Kier molecular flexibility index (Phi) is 4.44. The van der Waals surface area contributed by atoms with Gasteiger partial charge in [-0.1, -0.05) is 29.5 Å². The second-order valence-corrected chi connectivity index (χ2v) is 6.93. The van der Waals surface area contributed by atoms with Gasteiger partial charge in [0.15, 0.2) is 6.54 Å². The van der Waals surface area contributed by atoms with Crippen molar-refractivity contribution in [2.75, 3.05) is 6.61 Å². The number of para-hydroxylation sites is 1. The van der Waals surface area contributed by atoms with Gasteiger partial charge in [-0.25, -0.2) is 0 Å². The molecule has 1 aromatic heterocycles. The number of benzene rings is 2. The van der Waals surface area contributed by atoms with Gasteiger partial charge in [0.05, 0.1) is 6.61 Å². The van der Waals surface area contributed by atoms with Gasteiger partial charge >= 0.3 is 0 Å². The Bertz CT molecular complexity index is 777. The van der Waals surface area contributed by atoms with Crippen LogP contribution >= 0.6 is 11.3 Å². The van der Waals surface area contributed by atoms with Gasteiger partial charge in [-0.2, -0.15) is 4.57 Å². The fraction of sp³-hybridized carbons (Fsp3) is 0.316. The van der Waals surface area contributed by atoms with Gasteiger partial charge in [-0.3, -0.25) is 0 Å². The fourth-order valence-corrected chi connectivity index (χ4v) is 3.79. The number of fused-ring (bicyclic) bond motifs is 1. The van der Waals surface area contributed by atoms with Gasteiger partial charge in [0.2, 0.25) is 10.5 Å². The molecule has 3 heteroatoms. The predicted molar refractivity (Wildman–Crippen MR) is 92.8 cm³/mol. The summed E-state index contributed by atoms with van der Waals surface area (Å²) in [4.78, 5) is 0. The van der Waals surface area contributed by atoms with E-state index in [1.807, 2.05) is 41.7 Å². The molecule has 1 heterocycles. The van der Waals surface area contributed by atoms with Crippen molar-refractivity contribution in [3.05, 3.63) is 58.6 Å². The lowest BCUT2D eigenvalue weighted by Crippen LogP contribution is -2.35. The van der Waals surface area contributed by atoms with Crippen LogP contribution in [-0.2, 0) is 6.54 Å². The van der Waals surface area contributed by atoms with Crippen LogP contribution in [0.1, 0.15) is 22.6 Å². The highest BCUT2D eigenvalue weighted by Crippen LogP contribution is 2.23. The van der Waals surface area contributed by atoms with Crippen LogP contribution in [-0.4, -0.2) is 6.61 Å². The first-order chi connectivity index (χ1) is 10.6. The summed E-state index contributed by atoms with van der Waals surface area (Å²) in [6.45, 7) is 8.32. The summed E-state index contributed by atoms with van der Waals surface area (Å²) in [6, 6.07) is 14.6. The van der Waals surface area contributed by atoms with Crippen molar-refractivity contribution in [1.29, 1.82) is 0 Å². The summed E-state index contributed by atoms with van der Waals surface area (Å²) in [5.41, 5.74) is 4.08. The van der Waals surface area contributed by atoms with Crippen LogP contribution in [0.2, 0.25) is 0 Å². The third kappa shape index (κ3) is 3.14. The first-order valence-electron chi connectivity index (χ1n) is 7.73. The number of nitrogens with zero attached hydrogens (tertiary/aromatic N) is 1. The average Bonchev–Trinajstić information content (AvgIpc) is 2.80. The molecule has 2 aromatic carbocycles. The van der Waals surface area contributed by atoms with Gasteiger partial charge in [0.1, 0.15) is 10.4 Å². The highest BCUT2D eigenvalue weighted by molar-refractivity contribution is 7.18. The maximum atomic E-state index is 5.79. The fourth-order valence-electron chi connectivity index (χ4n) is 2.66. The molecule has 0 saturated heterocycles. The molecule has 2 nitrogen and oxygen atoms in total. The molecule has 3 rings (SSSR count). The number of aryl methyl sites for hydroxylation is 4. The quantitative estimate of drug-likeness (QED) is 0.496. The topological polar surface area (TPSA) is 13.1 Å². The van der Waals surface area contributed by atoms with E-state index in [2.05, 4.69) is 37.5 Å². The zero-order valence-electron chi connectivity index (χ0n) is 13.4. The van der Waals surface area contributed by atoms with Crippen LogP contribution in [0.3, 0.4) is 0 Å². The van der Waals surface area contributed by atoms with E-state index in [0.29, 0.717) is 0 Å². The van der Waals surface area contributed by atoms with Crippen molar-refractivity contribution >= 4 is 21.6 Å². The van der Waals surface area contributed by atoms with Gasteiger partial charge in [-0.15, -0.1) is 0 Å². The van der Waals surface area contributed by atoms with Crippen molar-refractivity contribution in [2.45, 2.75) is 33.7 Å². The molecule has 0 aliphatic carbocycles. The van der Waals surface area contributed by atoms with E-state index in [1.54, 1.807) is 0 Å². The number of ether oxygens (including phenoxy) is 1. The minimum atomic E-state index is 0.749. The minimum absolute atomic E-state index is 0.749. The Labute approximate surface area is 136 Å². The average molecular weight is 312 g/mol. The van der Waals surface area contributed by atoms with E-state index in [0.717, 1.165) is 25.3 Å². The summed E-state index contributed by atoms with van der Waals surface area (Å²) < 4.78 is 9.59. The number of thiazole rings is 1. The first-order valence-corrected chi connectivity index (χ1v) is 8.55. The molecule has 0 N–H and O–H groups in total. The van der Waals surface area contributed by atoms with E-state index in [9.17, 15) is 0 Å². The van der Waals surface area contributed by atoms with E-state index < -0.39 is 0 Å². The SMILES string of the molecule is Cc1cc2sc(C)[n+](CCCOc3ccccc3)c2cc1C. The Hall–Kier alpha value is -1.87. The van der Waals surface area contributed by atoms with Crippen LogP contribution in [0.5, 0.6) is 5.75 Å². The summed E-state index contributed by atoms with van der Waals surface area (Å²) >= 11 is 1.88. The van der Waals surface area contributed by atoms with E-state index in [1.165, 1.54) is 26.4 Å². The third-order valence-corrected chi connectivity index (χ3v) is 5.10. The van der Waals surface area contributed by atoms with Gasteiger partial charge in [0, 0.05) is 19.4 Å². The van der Waals surface area contributed by atoms with Gasteiger partial charge < -0.3 is 4.74 Å². The molecule has 0 fully saturated rings. The molecule has 0 aliphatic heterocycles. The Morgan fingerprint density at radius 1 is 1.00 bits per heavy atom. The maximum Gasteiger partial charge on any atom is 0.235 e. The Balaban J connectivity index is 1.69. The normalized spacial score (nSPS) is 11.0. The molecule has 0 saturated carbocycles. The van der Waals surface area contributed by atoms with Crippen LogP contribution in [0.25, 0.3) is 10.2 Å². The van der Waals surface area contributed by atoms with Crippen molar-refractivity contribution < 1.29 is 9.30 Å². The van der Waals surface area contributed by atoms with Crippen molar-refractivity contribution in [2.24, 2.45) is 0 Å². The van der Waals surface area contributed by atoms with Crippen LogP contribution in [0, 0.1) is 20.8 Å². The monoisotopic (exact) mass is 312 g/mol. The Morgan fingerprint density at radius 3 is 2.50 bits per heavy atom. The second kappa shape index (κ2) is 6.49. The number of hydrogen-bond donors (Lipinski definition) is 0. The van der Waals surface area contributed by atoms with Crippen LogP contribution in [0.15, 0.2) is 42.5 Å². The minimum Gasteiger partial charge on any atom is -0.493 e. The third-order valence-electron chi connectivity index (χ3n) is 4.04. The Morgan fingerprint density at radius 2 is 1.73 bits per heavy atom. The van der Waals surface area contributed by atoms with E-state index in [4.69, 9.17) is 4.74 Å².